The number of hydrogen-bond acceptors (Lipinski definition) is 3. The summed E-state index contributed by atoms with van der Waals surface area (Å²) in [5, 5.41) is 17.0. The lowest BCUT2D eigenvalue weighted by molar-refractivity contribution is 1.25. The zero-order chi connectivity index (χ0) is 8.27. The van der Waals surface area contributed by atoms with Crippen molar-refractivity contribution in [3.63, 3.8) is 0 Å². The van der Waals surface area contributed by atoms with Crippen molar-refractivity contribution in [3.8, 4) is 12.1 Å². The highest BCUT2D eigenvalue weighted by Crippen LogP contribution is 2.12. The van der Waals surface area contributed by atoms with Crippen LogP contribution in [0.15, 0.2) is 12.3 Å². The number of aromatic nitrogens is 1. The number of nitrogens with zero attached hydrogens (tertiary/aromatic N) is 3. The summed E-state index contributed by atoms with van der Waals surface area (Å²) >= 11 is 5.57. The molecule has 0 aliphatic carbocycles. The Bertz CT molecular complexity index is 359. The predicted octanol–water partition coefficient (Wildman–Crippen LogP) is 1.48. The molecule has 0 fully saturated rings. The van der Waals surface area contributed by atoms with Gasteiger partial charge in [0.2, 0.25) is 0 Å². The van der Waals surface area contributed by atoms with Gasteiger partial charge in [0, 0.05) is 6.20 Å². The molecule has 0 amide bonds. The van der Waals surface area contributed by atoms with Crippen LogP contribution in [-0.2, 0) is 0 Å². The van der Waals surface area contributed by atoms with Crippen molar-refractivity contribution in [3.05, 3.63) is 28.5 Å². The van der Waals surface area contributed by atoms with E-state index >= 15 is 0 Å². The van der Waals surface area contributed by atoms with E-state index in [9.17, 15) is 0 Å². The summed E-state index contributed by atoms with van der Waals surface area (Å²) in [7, 11) is 0. The van der Waals surface area contributed by atoms with Crippen molar-refractivity contribution in [2.45, 2.75) is 0 Å². The van der Waals surface area contributed by atoms with E-state index in [-0.39, 0.29) is 10.7 Å². The first-order valence-electron chi connectivity index (χ1n) is 2.73. The Morgan fingerprint density at radius 3 is 2.55 bits per heavy atom. The molecule has 1 heterocycles. The summed E-state index contributed by atoms with van der Waals surface area (Å²) in [5.41, 5.74) is 0.500. The maximum absolute atomic E-state index is 8.40. The molecule has 0 bridgehead atoms. The largest absolute Gasteiger partial charge is 0.243 e. The second kappa shape index (κ2) is 3.01. The van der Waals surface area contributed by atoms with Crippen LogP contribution in [0.25, 0.3) is 0 Å². The maximum Gasteiger partial charge on any atom is 0.159 e. The van der Waals surface area contributed by atoms with Gasteiger partial charge in [-0.25, -0.2) is 4.98 Å². The Hall–Kier alpha value is -1.58. The Labute approximate surface area is 68.5 Å². The van der Waals surface area contributed by atoms with Crippen molar-refractivity contribution >= 4 is 11.6 Å². The van der Waals surface area contributed by atoms with Crippen LogP contribution in [0.2, 0.25) is 5.02 Å². The molecule has 0 atom stereocenters. The Balaban J connectivity index is 3.25. The van der Waals surface area contributed by atoms with Gasteiger partial charge in [-0.2, -0.15) is 10.5 Å². The van der Waals surface area contributed by atoms with E-state index in [1.165, 1.54) is 12.3 Å². The molecule has 1 rings (SSSR count). The molecule has 11 heavy (non-hydrogen) atoms. The summed E-state index contributed by atoms with van der Waals surface area (Å²) in [6, 6.07) is 5.07. The van der Waals surface area contributed by atoms with E-state index in [1.807, 2.05) is 6.07 Å². The number of halogens is 1. The van der Waals surface area contributed by atoms with Gasteiger partial charge >= 0.3 is 0 Å². The van der Waals surface area contributed by atoms with Crippen molar-refractivity contribution in [1.82, 2.24) is 4.98 Å². The van der Waals surface area contributed by atoms with Gasteiger partial charge in [0.1, 0.15) is 12.1 Å². The first kappa shape index (κ1) is 7.53. The summed E-state index contributed by atoms with van der Waals surface area (Å²) in [5.74, 6) is 0. The number of hydrogen-bond donors (Lipinski definition) is 0. The van der Waals surface area contributed by atoms with Gasteiger partial charge in [0.15, 0.2) is 5.69 Å². The van der Waals surface area contributed by atoms with Crippen LogP contribution in [0.4, 0.5) is 0 Å². The highest BCUT2D eigenvalue weighted by molar-refractivity contribution is 6.31. The van der Waals surface area contributed by atoms with E-state index < -0.39 is 0 Å². The third kappa shape index (κ3) is 1.46. The summed E-state index contributed by atoms with van der Waals surface area (Å²) in [4.78, 5) is 3.65. The van der Waals surface area contributed by atoms with Gasteiger partial charge in [-0.1, -0.05) is 11.6 Å². The molecule has 0 aliphatic rings. The second-order valence-electron chi connectivity index (χ2n) is 1.78. The van der Waals surface area contributed by atoms with E-state index in [0.717, 1.165) is 0 Å². The first-order valence-corrected chi connectivity index (χ1v) is 3.11. The summed E-state index contributed by atoms with van der Waals surface area (Å²) < 4.78 is 0. The highest BCUT2D eigenvalue weighted by Gasteiger charge is 2.00. The summed E-state index contributed by atoms with van der Waals surface area (Å²) in [6.07, 6.45) is 1.31. The van der Waals surface area contributed by atoms with Crippen LogP contribution in [0.5, 0.6) is 0 Å². The fourth-order valence-electron chi connectivity index (χ4n) is 0.581. The van der Waals surface area contributed by atoms with Crippen molar-refractivity contribution < 1.29 is 0 Å². The molecule has 0 aliphatic heterocycles. The lowest BCUT2D eigenvalue weighted by Crippen LogP contribution is -1.85. The fraction of sp³-hybridized carbons (Fsp3) is 0. The van der Waals surface area contributed by atoms with Crippen molar-refractivity contribution in [2.24, 2.45) is 0 Å². The van der Waals surface area contributed by atoms with Crippen LogP contribution in [-0.4, -0.2) is 4.98 Å². The molecule has 0 saturated heterocycles. The molecule has 1 aromatic rings. The molecule has 0 saturated carbocycles. The summed E-state index contributed by atoms with van der Waals surface area (Å²) in [6.45, 7) is 0. The third-order valence-corrected chi connectivity index (χ3v) is 1.36. The number of rotatable bonds is 0. The molecule has 0 N–H and O–H groups in total. The topological polar surface area (TPSA) is 60.5 Å². The standard InChI is InChI=1S/C7H2ClN3/c8-6-1-5(2-9)4-11-7(6)3-10/h1,4H. The molecule has 0 radical (unpaired) electrons. The van der Waals surface area contributed by atoms with Crippen LogP contribution < -0.4 is 0 Å². The third-order valence-electron chi connectivity index (χ3n) is 1.08. The Kier molecular flexibility index (Phi) is 2.06. The minimum atomic E-state index is 0.144. The van der Waals surface area contributed by atoms with Gasteiger partial charge in [-0.15, -0.1) is 0 Å². The smallest absolute Gasteiger partial charge is 0.159 e. The SMILES string of the molecule is N#Cc1cnc(C#N)c(Cl)c1. The predicted molar refractivity (Wildman–Crippen MR) is 38.7 cm³/mol. The Morgan fingerprint density at radius 1 is 1.36 bits per heavy atom. The average Bonchev–Trinajstić information content (AvgIpc) is 2.04. The van der Waals surface area contributed by atoms with Gasteiger partial charge < -0.3 is 0 Å². The average molecular weight is 164 g/mol. The molecule has 52 valence electrons. The zero-order valence-corrected chi connectivity index (χ0v) is 6.13. The maximum atomic E-state index is 8.40. The molecule has 3 nitrogen and oxygen atoms in total. The van der Waals surface area contributed by atoms with Crippen LogP contribution in [0.3, 0.4) is 0 Å². The molecule has 0 aromatic carbocycles. The molecular formula is C7H2ClN3. The molecule has 0 spiro atoms. The van der Waals surface area contributed by atoms with Crippen molar-refractivity contribution in [2.75, 3.05) is 0 Å². The van der Waals surface area contributed by atoms with Gasteiger partial charge in [0.05, 0.1) is 10.6 Å². The number of nitriles is 2. The van der Waals surface area contributed by atoms with Crippen LogP contribution in [0, 0.1) is 22.7 Å². The minimum Gasteiger partial charge on any atom is -0.243 e. The molecular weight excluding hydrogens is 162 g/mol. The second-order valence-corrected chi connectivity index (χ2v) is 2.19. The number of pyridine rings is 1. The molecule has 1 aromatic heterocycles. The first-order chi connectivity index (χ1) is 5.27. The van der Waals surface area contributed by atoms with E-state index in [2.05, 4.69) is 4.98 Å². The van der Waals surface area contributed by atoms with Gasteiger partial charge in [-0.05, 0) is 6.07 Å². The molecule has 4 heteroatoms. The van der Waals surface area contributed by atoms with E-state index in [1.54, 1.807) is 6.07 Å². The monoisotopic (exact) mass is 163 g/mol. The molecule has 0 unspecified atom stereocenters. The quantitative estimate of drug-likeness (QED) is 0.582. The Morgan fingerprint density at radius 2 is 2.09 bits per heavy atom. The lowest BCUT2D eigenvalue weighted by atomic mass is 10.3. The van der Waals surface area contributed by atoms with Crippen molar-refractivity contribution in [1.29, 1.82) is 10.5 Å². The van der Waals surface area contributed by atoms with E-state index in [4.69, 9.17) is 22.1 Å². The lowest BCUT2D eigenvalue weighted by Gasteiger charge is -1.91. The fourth-order valence-corrected chi connectivity index (χ4v) is 0.790. The normalized spacial score (nSPS) is 8.27. The zero-order valence-electron chi connectivity index (χ0n) is 5.37. The highest BCUT2D eigenvalue weighted by atomic mass is 35.5. The minimum absolute atomic E-state index is 0.144. The van der Waals surface area contributed by atoms with Gasteiger partial charge in [0.25, 0.3) is 0 Å². The van der Waals surface area contributed by atoms with Gasteiger partial charge in [-0.3, -0.25) is 0 Å². The van der Waals surface area contributed by atoms with Crippen LogP contribution in [0.1, 0.15) is 11.3 Å². The van der Waals surface area contributed by atoms with Crippen LogP contribution >= 0.6 is 11.6 Å². The van der Waals surface area contributed by atoms with E-state index in [0.29, 0.717) is 5.56 Å².